The highest BCUT2D eigenvalue weighted by Crippen LogP contribution is 2.24. The third kappa shape index (κ3) is 5.40. The number of carbonyl (C=O) groups excluding carboxylic acids is 1. The van der Waals surface area contributed by atoms with E-state index in [1.54, 1.807) is 4.90 Å². The van der Waals surface area contributed by atoms with E-state index in [0.29, 0.717) is 13.1 Å². The van der Waals surface area contributed by atoms with Gasteiger partial charge in [-0.2, -0.15) is 0 Å². The molecule has 23 heavy (non-hydrogen) atoms. The van der Waals surface area contributed by atoms with E-state index >= 15 is 0 Å². The molecule has 0 spiro atoms. The number of benzene rings is 1. The molecule has 5 heteroatoms. The monoisotopic (exact) mass is 338 g/mol. The van der Waals surface area contributed by atoms with Crippen LogP contribution in [-0.4, -0.2) is 35.2 Å². The average molecular weight is 339 g/mol. The largest absolute Gasteiger partial charge is 0.444 e. The van der Waals surface area contributed by atoms with Gasteiger partial charge in [0, 0.05) is 30.2 Å². The van der Waals surface area contributed by atoms with E-state index in [9.17, 15) is 4.79 Å². The molecule has 0 atom stereocenters. The number of halogens is 1. The van der Waals surface area contributed by atoms with Crippen LogP contribution < -0.4 is 5.32 Å². The lowest BCUT2D eigenvalue weighted by molar-refractivity contribution is 0.0157. The van der Waals surface area contributed by atoms with Crippen molar-refractivity contribution in [1.29, 1.82) is 0 Å². The third-order valence-corrected chi connectivity index (χ3v) is 4.55. The van der Waals surface area contributed by atoms with Crippen molar-refractivity contribution < 1.29 is 9.53 Å². The summed E-state index contributed by atoms with van der Waals surface area (Å²) in [6, 6.07) is 7.88. The van der Waals surface area contributed by atoms with Gasteiger partial charge in [-0.25, -0.2) is 4.79 Å². The second-order valence-electron chi connectivity index (χ2n) is 7.47. The zero-order valence-corrected chi connectivity index (χ0v) is 15.2. The molecule has 1 N–H and O–H groups in total. The van der Waals surface area contributed by atoms with Crippen LogP contribution in [0.3, 0.4) is 0 Å². The molecular weight excluding hydrogens is 312 g/mol. The van der Waals surface area contributed by atoms with E-state index < -0.39 is 5.60 Å². The maximum atomic E-state index is 12.1. The first-order valence-electron chi connectivity index (χ1n) is 8.15. The van der Waals surface area contributed by atoms with Crippen molar-refractivity contribution in [1.82, 2.24) is 10.2 Å². The Morgan fingerprint density at radius 3 is 2.48 bits per heavy atom. The van der Waals surface area contributed by atoms with Crippen molar-refractivity contribution in [2.24, 2.45) is 0 Å². The van der Waals surface area contributed by atoms with Crippen molar-refractivity contribution >= 4 is 17.7 Å². The first-order chi connectivity index (χ1) is 10.7. The number of nitrogens with zero attached hydrogens (tertiary/aromatic N) is 1. The fourth-order valence-corrected chi connectivity index (χ4v) is 2.84. The van der Waals surface area contributed by atoms with Crippen molar-refractivity contribution in [2.45, 2.75) is 58.2 Å². The molecular formula is C18H27ClN2O2. The number of ether oxygens (including phenoxy) is 1. The maximum Gasteiger partial charge on any atom is 0.410 e. The minimum Gasteiger partial charge on any atom is -0.444 e. The fourth-order valence-electron chi connectivity index (χ4n) is 2.64. The van der Waals surface area contributed by atoms with E-state index in [2.05, 4.69) is 12.2 Å². The summed E-state index contributed by atoms with van der Waals surface area (Å²) in [5.41, 5.74) is 0.669. The summed E-state index contributed by atoms with van der Waals surface area (Å²) in [7, 11) is 0. The van der Waals surface area contributed by atoms with Gasteiger partial charge in [0.15, 0.2) is 0 Å². The highest BCUT2D eigenvalue weighted by atomic mass is 35.5. The van der Waals surface area contributed by atoms with Crippen molar-refractivity contribution in [2.75, 3.05) is 13.1 Å². The first kappa shape index (κ1) is 18.1. The van der Waals surface area contributed by atoms with Crippen LogP contribution in [0.5, 0.6) is 0 Å². The van der Waals surface area contributed by atoms with Crippen LogP contribution in [0.2, 0.25) is 5.02 Å². The number of carbonyl (C=O) groups is 1. The van der Waals surface area contributed by atoms with Crippen molar-refractivity contribution in [3.05, 3.63) is 34.9 Å². The predicted molar refractivity (Wildman–Crippen MR) is 93.7 cm³/mol. The van der Waals surface area contributed by atoms with E-state index in [4.69, 9.17) is 16.3 Å². The Balaban J connectivity index is 1.85. The van der Waals surface area contributed by atoms with E-state index in [-0.39, 0.29) is 11.6 Å². The average Bonchev–Trinajstić information content (AvgIpc) is 2.45. The molecule has 0 saturated carbocycles. The minimum atomic E-state index is -0.444. The zero-order chi connectivity index (χ0) is 17.1. The van der Waals surface area contributed by atoms with Crippen LogP contribution in [-0.2, 0) is 11.3 Å². The molecule has 128 valence electrons. The van der Waals surface area contributed by atoms with E-state index in [1.165, 1.54) is 0 Å². The van der Waals surface area contributed by atoms with Crippen LogP contribution in [0, 0.1) is 0 Å². The van der Waals surface area contributed by atoms with E-state index in [0.717, 1.165) is 30.0 Å². The lowest BCUT2D eigenvalue weighted by atomic mass is 9.89. The Morgan fingerprint density at radius 1 is 1.30 bits per heavy atom. The molecule has 0 aromatic heterocycles. The van der Waals surface area contributed by atoms with Crippen molar-refractivity contribution in [3.63, 3.8) is 0 Å². The minimum absolute atomic E-state index is 0.0116. The molecule has 1 aromatic carbocycles. The second kappa shape index (κ2) is 7.10. The highest BCUT2D eigenvalue weighted by Gasteiger charge is 2.33. The van der Waals surface area contributed by atoms with Crippen LogP contribution in [0.1, 0.15) is 46.1 Å². The van der Waals surface area contributed by atoms with Gasteiger partial charge < -0.3 is 15.0 Å². The first-order valence-corrected chi connectivity index (χ1v) is 8.53. The summed E-state index contributed by atoms with van der Waals surface area (Å²) in [6.07, 6.45) is 1.58. The van der Waals surface area contributed by atoms with Crippen molar-refractivity contribution in [3.8, 4) is 0 Å². The molecule has 0 unspecified atom stereocenters. The van der Waals surface area contributed by atoms with E-state index in [1.807, 2.05) is 45.0 Å². The molecule has 1 saturated heterocycles. The number of hydrogen-bond donors (Lipinski definition) is 1. The topological polar surface area (TPSA) is 41.6 Å². The van der Waals surface area contributed by atoms with Crippen LogP contribution in [0.4, 0.5) is 4.79 Å². The van der Waals surface area contributed by atoms with Gasteiger partial charge >= 0.3 is 6.09 Å². The standard InChI is InChI=1S/C18H27ClN2O2/c1-17(2,3)23-16(22)21-11-9-18(4,10-12-21)20-13-14-7-5-6-8-15(14)19/h5-8,20H,9-13H2,1-4H3. The fraction of sp³-hybridized carbons (Fsp3) is 0.611. The van der Waals surface area contributed by atoms with Crippen LogP contribution >= 0.6 is 11.6 Å². The number of likely N-dealkylation sites (tertiary alicyclic amines) is 1. The van der Waals surface area contributed by atoms with Gasteiger partial charge in [0.25, 0.3) is 0 Å². The quantitative estimate of drug-likeness (QED) is 0.897. The highest BCUT2D eigenvalue weighted by molar-refractivity contribution is 6.31. The summed E-state index contributed by atoms with van der Waals surface area (Å²) in [5.74, 6) is 0. The Morgan fingerprint density at radius 2 is 1.91 bits per heavy atom. The number of rotatable bonds is 3. The molecule has 1 aromatic rings. The summed E-state index contributed by atoms with van der Waals surface area (Å²) in [4.78, 5) is 13.9. The Kier molecular flexibility index (Phi) is 5.58. The molecule has 1 aliphatic heterocycles. The molecule has 1 fully saturated rings. The lowest BCUT2D eigenvalue weighted by Crippen LogP contribution is -2.53. The smallest absolute Gasteiger partial charge is 0.410 e. The van der Waals surface area contributed by atoms with Gasteiger partial charge in [0.1, 0.15) is 5.60 Å². The Hall–Kier alpha value is -1.26. The van der Waals surface area contributed by atoms with Crippen LogP contribution in [0.15, 0.2) is 24.3 Å². The third-order valence-electron chi connectivity index (χ3n) is 4.18. The summed E-state index contributed by atoms with van der Waals surface area (Å²) in [5, 5.41) is 4.39. The van der Waals surface area contributed by atoms with Gasteiger partial charge in [0.05, 0.1) is 0 Å². The number of piperidine rings is 1. The lowest BCUT2D eigenvalue weighted by Gasteiger charge is -2.40. The number of nitrogens with one attached hydrogen (secondary N) is 1. The molecule has 0 radical (unpaired) electrons. The normalized spacial score (nSPS) is 17.9. The van der Waals surface area contributed by atoms with Gasteiger partial charge in [-0.05, 0) is 52.2 Å². The summed E-state index contributed by atoms with van der Waals surface area (Å²) in [6.45, 7) is 10.0. The maximum absolute atomic E-state index is 12.1. The van der Waals surface area contributed by atoms with Gasteiger partial charge in [-0.3, -0.25) is 0 Å². The summed E-state index contributed by atoms with van der Waals surface area (Å²) >= 11 is 6.20. The molecule has 1 amide bonds. The number of amides is 1. The van der Waals surface area contributed by atoms with Gasteiger partial charge in [-0.15, -0.1) is 0 Å². The summed E-state index contributed by atoms with van der Waals surface area (Å²) < 4.78 is 5.44. The predicted octanol–water partition coefficient (Wildman–Crippen LogP) is 4.22. The van der Waals surface area contributed by atoms with Gasteiger partial charge in [0.2, 0.25) is 0 Å². The Bertz CT molecular complexity index is 546. The second-order valence-corrected chi connectivity index (χ2v) is 7.88. The molecule has 1 aliphatic rings. The zero-order valence-electron chi connectivity index (χ0n) is 14.5. The molecule has 2 rings (SSSR count). The molecule has 4 nitrogen and oxygen atoms in total. The molecule has 1 heterocycles. The molecule has 0 aliphatic carbocycles. The van der Waals surface area contributed by atoms with Crippen LogP contribution in [0.25, 0.3) is 0 Å². The Labute approximate surface area is 144 Å². The SMILES string of the molecule is CC1(NCc2ccccc2Cl)CCN(C(=O)OC(C)(C)C)CC1. The molecule has 0 bridgehead atoms. The van der Waals surface area contributed by atoms with Gasteiger partial charge in [-0.1, -0.05) is 29.8 Å². The number of hydrogen-bond acceptors (Lipinski definition) is 3.